The first-order valence-electron chi connectivity index (χ1n) is 3.06. The average Bonchev–Trinajstić information content (AvgIpc) is 2.10. The Labute approximate surface area is 109 Å². The molecule has 11 heavy (non-hydrogen) atoms. The Hall–Kier alpha value is 1.03. The fourth-order valence-electron chi connectivity index (χ4n) is 0.809. The average molecular weight is 186 g/mol. The molecule has 1 N–H and O–H groups in total. The normalized spacial score (nSPS) is 27.6. The van der Waals surface area contributed by atoms with Crippen LogP contribution in [0.1, 0.15) is 15.3 Å². The molecular weight excluding hydrogens is 175 g/mol. The number of hydrogen-bond donors (Lipinski definition) is 1. The minimum absolute atomic E-state index is 0. The first kappa shape index (κ1) is 12.0. The van der Waals surface area contributed by atoms with Crippen LogP contribution in [0.3, 0.4) is 0 Å². The van der Waals surface area contributed by atoms with E-state index in [9.17, 15) is 4.79 Å². The summed E-state index contributed by atoms with van der Waals surface area (Å²) >= 11 is 0. The Morgan fingerprint density at radius 3 is 2.45 bits per heavy atom. The van der Waals surface area contributed by atoms with E-state index in [0.717, 1.165) is 0 Å². The van der Waals surface area contributed by atoms with E-state index in [-0.39, 0.29) is 59.4 Å². The van der Waals surface area contributed by atoms with E-state index in [1.54, 1.807) is 13.8 Å². The van der Waals surface area contributed by atoms with Gasteiger partial charge in [0, 0.05) is 0 Å². The van der Waals surface area contributed by atoms with Gasteiger partial charge >= 0.3 is 57.4 Å². The van der Waals surface area contributed by atoms with Crippen molar-refractivity contribution in [2.24, 2.45) is 0 Å². The smallest absolute Gasteiger partial charge is 1.00 e. The molecule has 1 heterocycles. The summed E-state index contributed by atoms with van der Waals surface area (Å²) in [6.07, 6.45) is -0.796. The SMILES string of the molecule is CC1(C)OC[C@H](C(=O)O)O1.[H-].[K+]. The summed E-state index contributed by atoms with van der Waals surface area (Å²) in [4.78, 5) is 10.3. The Morgan fingerprint density at radius 2 is 2.27 bits per heavy atom. The van der Waals surface area contributed by atoms with E-state index in [1.165, 1.54) is 0 Å². The monoisotopic (exact) mass is 186 g/mol. The van der Waals surface area contributed by atoms with Crippen LogP contribution in [0.25, 0.3) is 0 Å². The molecule has 0 aromatic heterocycles. The van der Waals surface area contributed by atoms with Crippen molar-refractivity contribution in [1.82, 2.24) is 0 Å². The first-order valence-corrected chi connectivity index (χ1v) is 3.06. The topological polar surface area (TPSA) is 55.8 Å². The molecule has 4 nitrogen and oxygen atoms in total. The molecule has 1 atom stereocenters. The zero-order valence-electron chi connectivity index (χ0n) is 7.96. The summed E-state index contributed by atoms with van der Waals surface area (Å²) < 4.78 is 10.00. The molecule has 0 bridgehead atoms. The van der Waals surface area contributed by atoms with Crippen LogP contribution in [0.2, 0.25) is 0 Å². The molecule has 0 aromatic carbocycles. The second-order valence-electron chi connectivity index (χ2n) is 2.66. The predicted molar refractivity (Wildman–Crippen MR) is 33.7 cm³/mol. The molecule has 1 saturated heterocycles. The van der Waals surface area contributed by atoms with Crippen molar-refractivity contribution in [3.8, 4) is 0 Å². The van der Waals surface area contributed by atoms with Crippen molar-refractivity contribution in [1.29, 1.82) is 0 Å². The van der Waals surface area contributed by atoms with Gasteiger partial charge in [-0.1, -0.05) is 0 Å². The maximum Gasteiger partial charge on any atom is 1.00 e. The molecule has 0 radical (unpaired) electrons. The molecule has 0 saturated carbocycles. The molecule has 0 spiro atoms. The Morgan fingerprint density at radius 1 is 1.73 bits per heavy atom. The third-order valence-electron chi connectivity index (χ3n) is 1.28. The number of carboxylic acid groups (broad SMARTS) is 1. The van der Waals surface area contributed by atoms with Gasteiger partial charge in [-0.3, -0.25) is 0 Å². The van der Waals surface area contributed by atoms with Crippen molar-refractivity contribution < 1.29 is 72.2 Å². The Kier molecular flexibility index (Phi) is 4.72. The fourth-order valence-corrected chi connectivity index (χ4v) is 0.809. The molecule has 1 aliphatic heterocycles. The number of carbonyl (C=O) groups is 1. The van der Waals surface area contributed by atoms with Crippen LogP contribution in [0, 0.1) is 0 Å². The molecule has 0 aliphatic carbocycles. The van der Waals surface area contributed by atoms with Gasteiger partial charge in [0.1, 0.15) is 0 Å². The maximum absolute atomic E-state index is 10.3. The number of hydrogen-bond acceptors (Lipinski definition) is 3. The van der Waals surface area contributed by atoms with Gasteiger partial charge in [-0.25, -0.2) is 4.79 Å². The standard InChI is InChI=1S/C6H10O4.K.H/c1-6(2)9-3-4(10-6)5(7)8;;/h4H,3H2,1-2H3,(H,7,8);;/q;+1;-1/t4-;;/m1../s1. The zero-order valence-corrected chi connectivity index (χ0v) is 10.1. The molecule has 0 unspecified atom stereocenters. The van der Waals surface area contributed by atoms with E-state index in [0.29, 0.717) is 0 Å². The summed E-state index contributed by atoms with van der Waals surface area (Å²) in [6, 6.07) is 0. The second kappa shape index (κ2) is 4.32. The van der Waals surface area contributed by atoms with E-state index in [1.807, 2.05) is 0 Å². The van der Waals surface area contributed by atoms with Crippen LogP contribution in [0.15, 0.2) is 0 Å². The van der Waals surface area contributed by atoms with Crippen LogP contribution >= 0.6 is 0 Å². The van der Waals surface area contributed by atoms with Gasteiger partial charge in [-0.2, -0.15) is 0 Å². The quantitative estimate of drug-likeness (QED) is 0.454. The minimum atomic E-state index is -0.967. The predicted octanol–water partition coefficient (Wildman–Crippen LogP) is -2.66. The van der Waals surface area contributed by atoms with Crippen molar-refractivity contribution in [2.45, 2.75) is 25.7 Å². The van der Waals surface area contributed by atoms with E-state index < -0.39 is 17.9 Å². The molecule has 5 heteroatoms. The van der Waals surface area contributed by atoms with Crippen LogP contribution in [-0.2, 0) is 14.3 Å². The van der Waals surface area contributed by atoms with Gasteiger partial charge in [0.15, 0.2) is 11.9 Å². The zero-order chi connectivity index (χ0) is 7.78. The number of ether oxygens (including phenoxy) is 2. The largest absolute Gasteiger partial charge is 1.00 e. The Balaban J connectivity index is 0. The summed E-state index contributed by atoms with van der Waals surface area (Å²) in [5, 5.41) is 8.44. The molecule has 0 aromatic rings. The molecule has 60 valence electrons. The molecule has 1 rings (SSSR count). The van der Waals surface area contributed by atoms with Crippen LogP contribution in [0.4, 0.5) is 0 Å². The van der Waals surface area contributed by atoms with Crippen molar-refractivity contribution in [2.75, 3.05) is 6.61 Å². The molecular formula is C6H11KO4. The third kappa shape index (κ3) is 3.50. The van der Waals surface area contributed by atoms with Gasteiger partial charge in [-0.15, -0.1) is 0 Å². The fraction of sp³-hybridized carbons (Fsp3) is 0.833. The second-order valence-corrected chi connectivity index (χ2v) is 2.66. The van der Waals surface area contributed by atoms with Crippen molar-refractivity contribution in [3.05, 3.63) is 0 Å². The summed E-state index contributed by atoms with van der Waals surface area (Å²) in [6.45, 7) is 3.52. The summed E-state index contributed by atoms with van der Waals surface area (Å²) in [5.41, 5.74) is 0. The van der Waals surface area contributed by atoms with Crippen LogP contribution < -0.4 is 51.4 Å². The summed E-state index contributed by atoms with van der Waals surface area (Å²) in [5.74, 6) is -1.70. The van der Waals surface area contributed by atoms with Crippen molar-refractivity contribution >= 4 is 5.97 Å². The van der Waals surface area contributed by atoms with Gasteiger partial charge in [-0.05, 0) is 13.8 Å². The van der Waals surface area contributed by atoms with E-state index in [2.05, 4.69) is 0 Å². The van der Waals surface area contributed by atoms with Gasteiger partial charge in [0.05, 0.1) is 6.61 Å². The molecule has 0 amide bonds. The minimum Gasteiger partial charge on any atom is -1.00 e. The number of rotatable bonds is 1. The van der Waals surface area contributed by atoms with E-state index >= 15 is 0 Å². The molecule has 1 aliphatic rings. The van der Waals surface area contributed by atoms with Crippen LogP contribution in [0.5, 0.6) is 0 Å². The van der Waals surface area contributed by atoms with Crippen molar-refractivity contribution in [3.63, 3.8) is 0 Å². The summed E-state index contributed by atoms with van der Waals surface area (Å²) in [7, 11) is 0. The van der Waals surface area contributed by atoms with Crippen LogP contribution in [-0.4, -0.2) is 29.6 Å². The maximum atomic E-state index is 10.3. The van der Waals surface area contributed by atoms with Gasteiger partial charge in [0.25, 0.3) is 0 Å². The number of aliphatic carboxylic acids is 1. The first-order chi connectivity index (χ1) is 4.51. The van der Waals surface area contributed by atoms with Gasteiger partial charge in [0.2, 0.25) is 0 Å². The number of carboxylic acids is 1. The van der Waals surface area contributed by atoms with Gasteiger partial charge < -0.3 is 16.0 Å². The third-order valence-corrected chi connectivity index (χ3v) is 1.28. The van der Waals surface area contributed by atoms with E-state index in [4.69, 9.17) is 14.6 Å². The molecule has 1 fully saturated rings. The Bertz CT molecular complexity index is 162.